The highest BCUT2D eigenvalue weighted by atomic mass is 16.2. The van der Waals surface area contributed by atoms with Gasteiger partial charge in [-0.05, 0) is 30.9 Å². The molecular weight excluding hydrogens is 284 g/mol. The van der Waals surface area contributed by atoms with E-state index >= 15 is 0 Å². The molecule has 120 valence electrons. The van der Waals surface area contributed by atoms with Gasteiger partial charge in [-0.15, -0.1) is 0 Å². The number of rotatable bonds is 4. The van der Waals surface area contributed by atoms with E-state index in [0.717, 1.165) is 24.9 Å². The summed E-state index contributed by atoms with van der Waals surface area (Å²) in [5.74, 6) is 0.202. The molecule has 3 nitrogen and oxygen atoms in total. The summed E-state index contributed by atoms with van der Waals surface area (Å²) in [7, 11) is 0. The van der Waals surface area contributed by atoms with E-state index in [1.165, 1.54) is 11.1 Å². The molecule has 0 bridgehead atoms. The van der Waals surface area contributed by atoms with Crippen molar-refractivity contribution in [2.45, 2.75) is 31.7 Å². The Labute approximate surface area is 138 Å². The molecule has 1 amide bonds. The summed E-state index contributed by atoms with van der Waals surface area (Å²) in [6, 6.07) is 18.5. The van der Waals surface area contributed by atoms with Gasteiger partial charge in [-0.2, -0.15) is 0 Å². The lowest BCUT2D eigenvalue weighted by molar-refractivity contribution is -0.130. The molecule has 2 N–H and O–H groups in total. The third kappa shape index (κ3) is 3.62. The molecule has 1 aliphatic heterocycles. The first-order valence-corrected chi connectivity index (χ1v) is 8.25. The van der Waals surface area contributed by atoms with Gasteiger partial charge in [0.2, 0.25) is 5.91 Å². The van der Waals surface area contributed by atoms with Crippen molar-refractivity contribution in [2.24, 2.45) is 5.73 Å². The number of aryl methyl sites for hydroxylation is 2. The van der Waals surface area contributed by atoms with Crippen molar-refractivity contribution in [2.75, 3.05) is 13.1 Å². The number of hydrogen-bond donors (Lipinski definition) is 1. The van der Waals surface area contributed by atoms with Gasteiger partial charge in [-0.3, -0.25) is 4.79 Å². The van der Waals surface area contributed by atoms with Crippen molar-refractivity contribution in [3.05, 3.63) is 71.3 Å². The van der Waals surface area contributed by atoms with Gasteiger partial charge in [0, 0.05) is 19.5 Å². The minimum Gasteiger partial charge on any atom is -0.340 e. The lowest BCUT2D eigenvalue weighted by Gasteiger charge is -2.25. The fourth-order valence-electron chi connectivity index (χ4n) is 3.22. The van der Waals surface area contributed by atoms with E-state index in [-0.39, 0.29) is 5.91 Å². The number of nitrogens with two attached hydrogens (primary N) is 1. The van der Waals surface area contributed by atoms with Crippen LogP contribution in [0.4, 0.5) is 0 Å². The second kappa shape index (κ2) is 6.55. The Kier molecular flexibility index (Phi) is 4.49. The molecule has 23 heavy (non-hydrogen) atoms. The van der Waals surface area contributed by atoms with E-state index in [4.69, 9.17) is 5.73 Å². The summed E-state index contributed by atoms with van der Waals surface area (Å²) in [4.78, 5) is 14.4. The molecule has 3 heteroatoms. The number of carbonyl (C=O) groups is 1. The van der Waals surface area contributed by atoms with Gasteiger partial charge in [0.25, 0.3) is 0 Å². The molecule has 0 spiro atoms. The Hall–Kier alpha value is -2.13. The van der Waals surface area contributed by atoms with Crippen LogP contribution in [0.5, 0.6) is 0 Å². The number of likely N-dealkylation sites (tertiary alicyclic amines) is 1. The Morgan fingerprint density at radius 1 is 1.13 bits per heavy atom. The second-order valence-electron chi connectivity index (χ2n) is 6.57. The molecular formula is C20H24N2O. The van der Waals surface area contributed by atoms with Gasteiger partial charge in [0.1, 0.15) is 0 Å². The average Bonchev–Trinajstić information content (AvgIpc) is 2.98. The van der Waals surface area contributed by atoms with Crippen molar-refractivity contribution in [1.82, 2.24) is 4.90 Å². The molecule has 3 rings (SSSR count). The molecule has 1 saturated heterocycles. The van der Waals surface area contributed by atoms with Crippen molar-refractivity contribution in [1.29, 1.82) is 0 Å². The van der Waals surface area contributed by atoms with Crippen LogP contribution in [0.3, 0.4) is 0 Å². The first-order chi connectivity index (χ1) is 11.1. The van der Waals surface area contributed by atoms with Crippen molar-refractivity contribution in [3.63, 3.8) is 0 Å². The van der Waals surface area contributed by atoms with Crippen LogP contribution in [0, 0.1) is 6.92 Å². The van der Waals surface area contributed by atoms with E-state index < -0.39 is 5.54 Å². The van der Waals surface area contributed by atoms with Crippen LogP contribution in [0.2, 0.25) is 0 Å². The van der Waals surface area contributed by atoms with E-state index in [1.807, 2.05) is 23.1 Å². The summed E-state index contributed by atoms with van der Waals surface area (Å²) in [6.45, 7) is 3.43. The smallest absolute Gasteiger partial charge is 0.222 e. The molecule has 1 heterocycles. The van der Waals surface area contributed by atoms with Gasteiger partial charge >= 0.3 is 0 Å². The Morgan fingerprint density at radius 3 is 2.52 bits per heavy atom. The summed E-state index contributed by atoms with van der Waals surface area (Å²) < 4.78 is 0. The molecule has 1 aliphatic rings. The highest BCUT2D eigenvalue weighted by molar-refractivity contribution is 5.77. The molecule has 1 unspecified atom stereocenters. The minimum absolute atomic E-state index is 0.202. The molecule has 0 saturated carbocycles. The SMILES string of the molecule is Cc1ccc(C2(N)CCN(C(=O)CCc3ccccc3)C2)cc1. The minimum atomic E-state index is -0.407. The highest BCUT2D eigenvalue weighted by Crippen LogP contribution is 2.30. The third-order valence-electron chi connectivity index (χ3n) is 4.75. The number of benzene rings is 2. The Balaban J connectivity index is 1.60. The summed E-state index contributed by atoms with van der Waals surface area (Å²) in [6.07, 6.45) is 2.17. The third-order valence-corrected chi connectivity index (χ3v) is 4.75. The first-order valence-electron chi connectivity index (χ1n) is 8.25. The van der Waals surface area contributed by atoms with Crippen LogP contribution in [0.25, 0.3) is 0 Å². The van der Waals surface area contributed by atoms with E-state index in [2.05, 4.69) is 43.3 Å². The fourth-order valence-corrected chi connectivity index (χ4v) is 3.22. The summed E-state index contributed by atoms with van der Waals surface area (Å²) in [5, 5.41) is 0. The lowest BCUT2D eigenvalue weighted by atomic mass is 9.90. The van der Waals surface area contributed by atoms with Gasteiger partial charge in [0.05, 0.1) is 5.54 Å². The van der Waals surface area contributed by atoms with Crippen LogP contribution in [-0.4, -0.2) is 23.9 Å². The van der Waals surface area contributed by atoms with Crippen molar-refractivity contribution in [3.8, 4) is 0 Å². The van der Waals surface area contributed by atoms with Gasteiger partial charge in [-0.25, -0.2) is 0 Å². The van der Waals surface area contributed by atoms with Gasteiger partial charge in [-0.1, -0.05) is 60.2 Å². The van der Waals surface area contributed by atoms with Crippen LogP contribution in [0.1, 0.15) is 29.5 Å². The standard InChI is InChI=1S/C20H24N2O/c1-16-7-10-18(11-8-16)20(21)13-14-22(15-20)19(23)12-9-17-5-3-2-4-6-17/h2-8,10-11H,9,12-15,21H2,1H3. The van der Waals surface area contributed by atoms with E-state index in [0.29, 0.717) is 13.0 Å². The maximum absolute atomic E-state index is 12.5. The van der Waals surface area contributed by atoms with Crippen LogP contribution in [0.15, 0.2) is 54.6 Å². The molecule has 0 aliphatic carbocycles. The van der Waals surface area contributed by atoms with Crippen LogP contribution in [-0.2, 0) is 16.8 Å². The largest absolute Gasteiger partial charge is 0.340 e. The second-order valence-corrected chi connectivity index (χ2v) is 6.57. The zero-order valence-electron chi connectivity index (χ0n) is 13.7. The Morgan fingerprint density at radius 2 is 1.83 bits per heavy atom. The van der Waals surface area contributed by atoms with Crippen LogP contribution < -0.4 is 5.73 Å². The number of hydrogen-bond acceptors (Lipinski definition) is 2. The summed E-state index contributed by atoms with van der Waals surface area (Å²) in [5.41, 5.74) is 9.73. The van der Waals surface area contributed by atoms with Gasteiger partial charge in [0.15, 0.2) is 0 Å². The number of nitrogens with zero attached hydrogens (tertiary/aromatic N) is 1. The molecule has 0 radical (unpaired) electrons. The quantitative estimate of drug-likeness (QED) is 0.944. The van der Waals surface area contributed by atoms with Crippen molar-refractivity contribution >= 4 is 5.91 Å². The molecule has 0 aromatic heterocycles. The fraction of sp³-hybridized carbons (Fsp3) is 0.350. The molecule has 1 atom stereocenters. The maximum Gasteiger partial charge on any atom is 0.222 e. The summed E-state index contributed by atoms with van der Waals surface area (Å²) >= 11 is 0. The van der Waals surface area contributed by atoms with E-state index in [9.17, 15) is 4.79 Å². The lowest BCUT2D eigenvalue weighted by Crippen LogP contribution is -2.41. The van der Waals surface area contributed by atoms with E-state index in [1.54, 1.807) is 0 Å². The molecule has 2 aromatic rings. The topological polar surface area (TPSA) is 46.3 Å². The van der Waals surface area contributed by atoms with Crippen LogP contribution >= 0.6 is 0 Å². The number of carbonyl (C=O) groups excluding carboxylic acids is 1. The monoisotopic (exact) mass is 308 g/mol. The zero-order chi connectivity index (χ0) is 16.3. The number of amides is 1. The predicted molar refractivity (Wildman–Crippen MR) is 93.0 cm³/mol. The molecule has 1 fully saturated rings. The predicted octanol–water partition coefficient (Wildman–Crippen LogP) is 3.01. The molecule has 2 aromatic carbocycles. The highest BCUT2D eigenvalue weighted by Gasteiger charge is 2.37. The first kappa shape index (κ1) is 15.8. The van der Waals surface area contributed by atoms with Crippen molar-refractivity contribution < 1.29 is 4.79 Å². The Bertz CT molecular complexity index is 666. The average molecular weight is 308 g/mol. The normalized spacial score (nSPS) is 20.7. The zero-order valence-corrected chi connectivity index (χ0v) is 13.7. The maximum atomic E-state index is 12.5. The van der Waals surface area contributed by atoms with Gasteiger partial charge < -0.3 is 10.6 Å².